The summed E-state index contributed by atoms with van der Waals surface area (Å²) in [5.41, 5.74) is 8.12. The second-order valence-electron chi connectivity index (χ2n) is 2.26. The van der Waals surface area contributed by atoms with Crippen LogP contribution in [0.5, 0.6) is 0 Å². The van der Waals surface area contributed by atoms with Crippen LogP contribution in [-0.4, -0.2) is 16.3 Å². The van der Waals surface area contributed by atoms with Gasteiger partial charge in [0.25, 0.3) is 5.78 Å². The lowest BCUT2D eigenvalue weighted by Crippen LogP contribution is -2.12. The van der Waals surface area contributed by atoms with Crippen LogP contribution in [0.25, 0.3) is 5.53 Å². The Bertz CT molecular complexity index is 410. The van der Waals surface area contributed by atoms with E-state index in [1.165, 1.54) is 6.07 Å². The van der Waals surface area contributed by atoms with E-state index in [0.717, 1.165) is 0 Å². The first-order chi connectivity index (χ1) is 6.29. The fourth-order valence-corrected chi connectivity index (χ4v) is 0.845. The molecule has 0 aliphatic carbocycles. The summed E-state index contributed by atoms with van der Waals surface area (Å²) in [5, 5.41) is 8.40. The van der Waals surface area contributed by atoms with Crippen LogP contribution in [0.4, 0.5) is 0 Å². The predicted octanol–water partition coefficient (Wildman–Crippen LogP) is 1.06. The van der Waals surface area contributed by atoms with E-state index in [4.69, 9.17) is 10.8 Å². The highest BCUT2D eigenvalue weighted by molar-refractivity contribution is 6.49. The highest BCUT2D eigenvalue weighted by atomic mass is 16.1. The predicted molar refractivity (Wildman–Crippen MR) is 45.0 cm³/mol. The molecule has 0 radical (unpaired) electrons. The third-order valence-electron chi connectivity index (χ3n) is 1.46. The molecule has 0 aliphatic heterocycles. The van der Waals surface area contributed by atoms with Gasteiger partial charge in [-0.2, -0.15) is 10.1 Å². The monoisotopic (exact) mass is 171 g/mol. The number of carbonyl (C=O) groups excluding carboxylic acids is 1. The average Bonchev–Trinajstić information content (AvgIpc) is 2.21. The van der Waals surface area contributed by atoms with E-state index in [1.54, 1.807) is 30.3 Å². The molecule has 0 saturated carbocycles. The van der Waals surface area contributed by atoms with Gasteiger partial charge in [0.1, 0.15) is 0 Å². The first kappa shape index (κ1) is 8.85. The van der Waals surface area contributed by atoms with Gasteiger partial charge < -0.3 is 5.53 Å². The summed E-state index contributed by atoms with van der Waals surface area (Å²) in [6.45, 7) is 0. The molecule has 0 spiro atoms. The fraction of sp³-hybridized carbons (Fsp3) is 0. The van der Waals surface area contributed by atoms with Gasteiger partial charge in [0.05, 0.1) is 0 Å². The smallest absolute Gasteiger partial charge is 0.360 e. The summed E-state index contributed by atoms with van der Waals surface area (Å²) >= 11 is 0. The van der Waals surface area contributed by atoms with Gasteiger partial charge in [-0.15, -0.1) is 0 Å². The third kappa shape index (κ3) is 1.86. The number of carbonyl (C=O) groups is 1. The van der Waals surface area contributed by atoms with Crippen molar-refractivity contribution in [3.63, 3.8) is 0 Å². The standard InChI is InChI=1S/C9H5N3O/c10-6-8(12-11)9(13)7-4-2-1-3-5-7/h1-5H. The second kappa shape index (κ2) is 3.96. The Morgan fingerprint density at radius 2 is 2.00 bits per heavy atom. The molecule has 0 unspecified atom stereocenters. The van der Waals surface area contributed by atoms with Crippen molar-refractivity contribution >= 4 is 11.5 Å². The van der Waals surface area contributed by atoms with E-state index in [-0.39, 0.29) is 0 Å². The van der Waals surface area contributed by atoms with E-state index in [0.29, 0.717) is 5.56 Å². The number of Topliss-reactive ketones (excluding diaryl/α,β-unsaturated/α-hetero) is 1. The van der Waals surface area contributed by atoms with Crippen molar-refractivity contribution in [1.29, 1.82) is 5.26 Å². The molecule has 62 valence electrons. The van der Waals surface area contributed by atoms with Crippen molar-refractivity contribution in [1.82, 2.24) is 0 Å². The van der Waals surface area contributed by atoms with Gasteiger partial charge >= 0.3 is 5.71 Å². The van der Waals surface area contributed by atoms with Gasteiger partial charge in [-0.25, -0.2) is 0 Å². The van der Waals surface area contributed by atoms with Gasteiger partial charge in [0.15, 0.2) is 6.07 Å². The van der Waals surface area contributed by atoms with Crippen molar-refractivity contribution in [2.45, 2.75) is 0 Å². The number of rotatable bonds is 2. The van der Waals surface area contributed by atoms with E-state index in [9.17, 15) is 4.79 Å². The molecule has 13 heavy (non-hydrogen) atoms. The van der Waals surface area contributed by atoms with Crippen molar-refractivity contribution in [3.05, 3.63) is 41.4 Å². The summed E-state index contributed by atoms with van der Waals surface area (Å²) in [5.74, 6) is -0.578. The van der Waals surface area contributed by atoms with Crippen LogP contribution >= 0.6 is 0 Å². The SMILES string of the molecule is N#CC(=[N+]=[N-])C(=O)c1ccccc1. The number of nitriles is 1. The normalized spacial score (nSPS) is 8.23. The van der Waals surface area contributed by atoms with Crippen LogP contribution in [-0.2, 0) is 0 Å². The van der Waals surface area contributed by atoms with Crippen LogP contribution < -0.4 is 0 Å². The lowest BCUT2D eigenvalue weighted by Gasteiger charge is -1.89. The number of ketones is 1. The molecule has 0 fully saturated rings. The minimum absolute atomic E-state index is 0.330. The molecule has 0 bridgehead atoms. The first-order valence-corrected chi connectivity index (χ1v) is 3.51. The Kier molecular flexibility index (Phi) is 2.69. The molecule has 0 amide bonds. The maximum absolute atomic E-state index is 11.3. The van der Waals surface area contributed by atoms with Crippen LogP contribution in [0.3, 0.4) is 0 Å². The molecule has 0 aliphatic rings. The summed E-state index contributed by atoms with van der Waals surface area (Å²) in [7, 11) is 0. The van der Waals surface area contributed by atoms with E-state index in [1.807, 2.05) is 0 Å². The molecule has 0 atom stereocenters. The molecular weight excluding hydrogens is 166 g/mol. The van der Waals surface area contributed by atoms with Gasteiger partial charge in [-0.1, -0.05) is 30.3 Å². The van der Waals surface area contributed by atoms with Crippen molar-refractivity contribution in [3.8, 4) is 6.07 Å². The fourth-order valence-electron chi connectivity index (χ4n) is 0.845. The minimum atomic E-state index is -0.578. The quantitative estimate of drug-likeness (QED) is 0.288. The lowest BCUT2D eigenvalue weighted by atomic mass is 10.1. The third-order valence-corrected chi connectivity index (χ3v) is 1.46. The zero-order valence-corrected chi connectivity index (χ0v) is 6.64. The van der Waals surface area contributed by atoms with Gasteiger partial charge in [-0.05, 0) is 0 Å². The largest absolute Gasteiger partial charge is 0.438 e. The second-order valence-corrected chi connectivity index (χ2v) is 2.26. The summed E-state index contributed by atoms with van der Waals surface area (Å²) < 4.78 is 0. The average molecular weight is 171 g/mol. The summed E-state index contributed by atoms with van der Waals surface area (Å²) in [4.78, 5) is 13.9. The highest BCUT2D eigenvalue weighted by Crippen LogP contribution is 1.99. The van der Waals surface area contributed by atoms with Gasteiger partial charge in [0.2, 0.25) is 0 Å². The molecular formula is C9H5N3O. The molecule has 4 nitrogen and oxygen atoms in total. The summed E-state index contributed by atoms with van der Waals surface area (Å²) in [6, 6.07) is 9.67. The van der Waals surface area contributed by atoms with Crippen molar-refractivity contribution < 1.29 is 9.58 Å². The van der Waals surface area contributed by atoms with E-state index in [2.05, 4.69) is 4.79 Å². The Morgan fingerprint density at radius 1 is 1.38 bits per heavy atom. The molecule has 0 heterocycles. The molecule has 0 saturated heterocycles. The molecule has 1 aromatic rings. The molecule has 1 aromatic carbocycles. The molecule has 0 aromatic heterocycles. The number of hydrogen-bond donors (Lipinski definition) is 0. The minimum Gasteiger partial charge on any atom is -0.360 e. The van der Waals surface area contributed by atoms with Crippen LogP contribution in [0.1, 0.15) is 10.4 Å². The maximum Gasteiger partial charge on any atom is 0.438 e. The van der Waals surface area contributed by atoms with Gasteiger partial charge in [-0.3, -0.25) is 4.79 Å². The topological polar surface area (TPSA) is 77.3 Å². The molecule has 4 heteroatoms. The Hall–Kier alpha value is -2.24. The zero-order valence-electron chi connectivity index (χ0n) is 6.64. The zero-order chi connectivity index (χ0) is 9.68. The number of nitrogens with zero attached hydrogens (tertiary/aromatic N) is 3. The molecule has 0 N–H and O–H groups in total. The summed E-state index contributed by atoms with van der Waals surface area (Å²) in [6.07, 6.45) is 0. The van der Waals surface area contributed by atoms with E-state index < -0.39 is 11.5 Å². The van der Waals surface area contributed by atoms with E-state index >= 15 is 0 Å². The first-order valence-electron chi connectivity index (χ1n) is 3.51. The van der Waals surface area contributed by atoms with Gasteiger partial charge in [0, 0.05) is 5.56 Å². The Balaban J connectivity index is 3.08. The van der Waals surface area contributed by atoms with Crippen molar-refractivity contribution in [2.75, 3.05) is 0 Å². The lowest BCUT2D eigenvalue weighted by molar-refractivity contribution is -0.00369. The van der Waals surface area contributed by atoms with Crippen LogP contribution in [0.2, 0.25) is 0 Å². The number of hydrogen-bond acceptors (Lipinski definition) is 2. The maximum atomic E-state index is 11.3. The van der Waals surface area contributed by atoms with Crippen LogP contribution in [0.15, 0.2) is 30.3 Å². The molecule has 1 rings (SSSR count). The Labute approximate surface area is 74.7 Å². The Morgan fingerprint density at radius 3 is 2.46 bits per heavy atom. The van der Waals surface area contributed by atoms with Crippen LogP contribution in [0, 0.1) is 11.3 Å². The number of benzene rings is 1. The highest BCUT2D eigenvalue weighted by Gasteiger charge is 2.20. The van der Waals surface area contributed by atoms with Crippen molar-refractivity contribution in [2.24, 2.45) is 0 Å².